The first-order valence-electron chi connectivity index (χ1n) is 6.81. The fourth-order valence-electron chi connectivity index (χ4n) is 2.34. The second-order valence-electron chi connectivity index (χ2n) is 5.02. The molecular weight excluding hydrogens is 242 g/mol. The summed E-state index contributed by atoms with van der Waals surface area (Å²) in [4.78, 5) is 12.2. The fraction of sp³-hybridized carbons (Fsp3) is 0.533. The van der Waals surface area contributed by atoms with Crippen LogP contribution in [-0.4, -0.2) is 25.5 Å². The van der Waals surface area contributed by atoms with Crippen molar-refractivity contribution in [2.45, 2.75) is 32.6 Å². The van der Waals surface area contributed by atoms with E-state index in [1.165, 1.54) is 0 Å². The van der Waals surface area contributed by atoms with Crippen molar-refractivity contribution in [2.75, 3.05) is 19.8 Å². The molecule has 1 aromatic rings. The van der Waals surface area contributed by atoms with Gasteiger partial charge >= 0.3 is 0 Å². The molecule has 2 rings (SSSR count). The first-order chi connectivity index (χ1) is 9.15. The third-order valence-corrected chi connectivity index (χ3v) is 3.20. The Balaban J connectivity index is 2.50. The number of rotatable bonds is 4. The lowest BCUT2D eigenvalue weighted by molar-refractivity contribution is 0.0983. The third-order valence-electron chi connectivity index (χ3n) is 3.20. The Bertz CT molecular complexity index is 469. The molecule has 4 heteroatoms. The van der Waals surface area contributed by atoms with E-state index in [9.17, 15) is 4.79 Å². The number of fused-ring (bicyclic) bond motifs is 1. The van der Waals surface area contributed by atoms with E-state index < -0.39 is 0 Å². The van der Waals surface area contributed by atoms with Crippen molar-refractivity contribution in [3.05, 3.63) is 23.3 Å². The molecule has 0 bridgehead atoms. The molecule has 0 saturated carbocycles. The van der Waals surface area contributed by atoms with Crippen LogP contribution in [0.15, 0.2) is 12.1 Å². The molecule has 2 N–H and O–H groups in total. The quantitative estimate of drug-likeness (QED) is 0.848. The van der Waals surface area contributed by atoms with Crippen LogP contribution in [0.25, 0.3) is 0 Å². The van der Waals surface area contributed by atoms with Crippen LogP contribution in [0.5, 0.6) is 11.5 Å². The van der Waals surface area contributed by atoms with Crippen LogP contribution in [0.1, 0.15) is 48.5 Å². The summed E-state index contributed by atoms with van der Waals surface area (Å²) in [6.45, 7) is 5.76. The van der Waals surface area contributed by atoms with E-state index in [1.54, 1.807) is 0 Å². The highest BCUT2D eigenvalue weighted by Crippen LogP contribution is 2.39. The van der Waals surface area contributed by atoms with Crippen LogP contribution in [-0.2, 0) is 0 Å². The second kappa shape index (κ2) is 6.06. The molecule has 4 nitrogen and oxygen atoms in total. The lowest BCUT2D eigenvalue weighted by Crippen LogP contribution is -2.12. The number of ketones is 1. The van der Waals surface area contributed by atoms with Gasteiger partial charge in [0.25, 0.3) is 0 Å². The summed E-state index contributed by atoms with van der Waals surface area (Å²) in [7, 11) is 0. The van der Waals surface area contributed by atoms with E-state index in [2.05, 4.69) is 13.8 Å². The van der Waals surface area contributed by atoms with Gasteiger partial charge < -0.3 is 15.2 Å². The first-order valence-corrected chi connectivity index (χ1v) is 6.81. The lowest BCUT2D eigenvalue weighted by atomic mass is 9.92. The van der Waals surface area contributed by atoms with Gasteiger partial charge in [0.15, 0.2) is 17.3 Å². The molecule has 0 spiro atoms. The number of Topliss-reactive ketones (excluding diaryl/α,β-unsaturated/α-hetero) is 1. The average Bonchev–Trinajstić information content (AvgIpc) is 2.62. The smallest absolute Gasteiger partial charge is 0.165 e. The van der Waals surface area contributed by atoms with Crippen molar-refractivity contribution >= 4 is 5.78 Å². The monoisotopic (exact) mass is 263 g/mol. The number of ether oxygens (including phenoxy) is 2. The molecule has 0 saturated heterocycles. The number of benzene rings is 1. The Morgan fingerprint density at radius 1 is 1.32 bits per heavy atom. The molecule has 19 heavy (non-hydrogen) atoms. The van der Waals surface area contributed by atoms with Gasteiger partial charge in [-0.3, -0.25) is 4.79 Å². The summed E-state index contributed by atoms with van der Waals surface area (Å²) in [5.74, 6) is 1.75. The van der Waals surface area contributed by atoms with E-state index in [0.29, 0.717) is 31.7 Å². The second-order valence-corrected chi connectivity index (χ2v) is 5.02. The molecule has 1 aromatic carbocycles. The van der Waals surface area contributed by atoms with Gasteiger partial charge in [-0.25, -0.2) is 0 Å². The first kappa shape index (κ1) is 13.9. The molecular formula is C15H21NO3. The number of hydrogen-bond acceptors (Lipinski definition) is 4. The average molecular weight is 263 g/mol. The van der Waals surface area contributed by atoms with E-state index >= 15 is 0 Å². The molecule has 1 aliphatic rings. The van der Waals surface area contributed by atoms with Gasteiger partial charge in [0.1, 0.15) is 0 Å². The fourth-order valence-corrected chi connectivity index (χ4v) is 2.34. The highest BCUT2D eigenvalue weighted by atomic mass is 16.5. The zero-order chi connectivity index (χ0) is 13.8. The predicted molar refractivity (Wildman–Crippen MR) is 74.1 cm³/mol. The Morgan fingerprint density at radius 3 is 2.74 bits per heavy atom. The highest BCUT2D eigenvalue weighted by Gasteiger charge is 2.23. The lowest BCUT2D eigenvalue weighted by Gasteiger charge is -2.18. The summed E-state index contributed by atoms with van der Waals surface area (Å²) in [6, 6.07) is 3.66. The van der Waals surface area contributed by atoms with Gasteiger partial charge in [-0.2, -0.15) is 0 Å². The van der Waals surface area contributed by atoms with Crippen molar-refractivity contribution in [2.24, 2.45) is 5.73 Å². The van der Waals surface area contributed by atoms with Crippen LogP contribution < -0.4 is 15.2 Å². The van der Waals surface area contributed by atoms with Gasteiger partial charge in [-0.15, -0.1) is 0 Å². The Morgan fingerprint density at radius 2 is 2.05 bits per heavy atom. The van der Waals surface area contributed by atoms with Crippen molar-refractivity contribution in [1.29, 1.82) is 0 Å². The topological polar surface area (TPSA) is 61.6 Å². The van der Waals surface area contributed by atoms with E-state index in [4.69, 9.17) is 15.2 Å². The standard InChI is InChI=1S/C15H21NO3/c1-10(2)14-11(12(17)6-7-16)4-5-13-15(14)19-9-3-8-18-13/h4-5,10H,3,6-9,16H2,1-2H3. The van der Waals surface area contributed by atoms with Crippen LogP contribution in [0.2, 0.25) is 0 Å². The maximum atomic E-state index is 12.2. The normalized spacial score (nSPS) is 14.3. The number of carbonyl (C=O) groups is 1. The summed E-state index contributed by atoms with van der Waals surface area (Å²) in [5.41, 5.74) is 7.13. The zero-order valence-corrected chi connectivity index (χ0v) is 11.6. The molecule has 0 radical (unpaired) electrons. The van der Waals surface area contributed by atoms with E-state index in [0.717, 1.165) is 23.5 Å². The summed E-state index contributed by atoms with van der Waals surface area (Å²) >= 11 is 0. The Labute approximate surface area is 113 Å². The van der Waals surface area contributed by atoms with Crippen molar-refractivity contribution in [1.82, 2.24) is 0 Å². The summed E-state index contributed by atoms with van der Waals surface area (Å²) < 4.78 is 11.5. The van der Waals surface area contributed by atoms with Gasteiger partial charge in [0, 0.05) is 24.0 Å². The van der Waals surface area contributed by atoms with Gasteiger partial charge in [0.2, 0.25) is 0 Å². The number of nitrogens with two attached hydrogens (primary N) is 1. The highest BCUT2D eigenvalue weighted by molar-refractivity contribution is 5.98. The largest absolute Gasteiger partial charge is 0.490 e. The minimum atomic E-state index is 0.0712. The molecule has 0 aliphatic carbocycles. The molecule has 0 fully saturated rings. The summed E-state index contributed by atoms with van der Waals surface area (Å²) in [6.07, 6.45) is 1.22. The number of hydrogen-bond donors (Lipinski definition) is 1. The Kier molecular flexibility index (Phi) is 4.43. The molecule has 1 heterocycles. The van der Waals surface area contributed by atoms with Crippen LogP contribution in [0.4, 0.5) is 0 Å². The predicted octanol–water partition coefficient (Wildman–Crippen LogP) is 2.50. The van der Waals surface area contributed by atoms with E-state index in [-0.39, 0.29) is 11.7 Å². The minimum absolute atomic E-state index is 0.0712. The van der Waals surface area contributed by atoms with Crippen molar-refractivity contribution in [3.63, 3.8) is 0 Å². The van der Waals surface area contributed by atoms with E-state index in [1.807, 2.05) is 12.1 Å². The number of carbonyl (C=O) groups excluding carboxylic acids is 1. The third kappa shape index (κ3) is 2.89. The SMILES string of the molecule is CC(C)c1c(C(=O)CCN)ccc2c1OCCCO2. The van der Waals surface area contributed by atoms with Gasteiger partial charge in [-0.05, 0) is 24.6 Å². The zero-order valence-electron chi connectivity index (χ0n) is 11.6. The maximum absolute atomic E-state index is 12.2. The van der Waals surface area contributed by atoms with Crippen molar-refractivity contribution in [3.8, 4) is 11.5 Å². The van der Waals surface area contributed by atoms with Crippen LogP contribution >= 0.6 is 0 Å². The maximum Gasteiger partial charge on any atom is 0.165 e. The van der Waals surface area contributed by atoms with Gasteiger partial charge in [0.05, 0.1) is 13.2 Å². The minimum Gasteiger partial charge on any atom is -0.490 e. The molecule has 104 valence electrons. The molecule has 0 atom stereocenters. The molecule has 0 unspecified atom stereocenters. The van der Waals surface area contributed by atoms with Gasteiger partial charge in [-0.1, -0.05) is 13.8 Å². The van der Waals surface area contributed by atoms with Crippen molar-refractivity contribution < 1.29 is 14.3 Å². The van der Waals surface area contributed by atoms with Crippen LogP contribution in [0, 0.1) is 0 Å². The van der Waals surface area contributed by atoms with Crippen LogP contribution in [0.3, 0.4) is 0 Å². The molecule has 1 aliphatic heterocycles. The Hall–Kier alpha value is -1.55. The molecule has 0 amide bonds. The molecule has 0 aromatic heterocycles. The summed E-state index contributed by atoms with van der Waals surface area (Å²) in [5, 5.41) is 0.